The van der Waals surface area contributed by atoms with E-state index in [4.69, 9.17) is 0 Å². The SMILES string of the molecule is CC(CN1CCCC1)NCC1CCc2ccccc2C1. The summed E-state index contributed by atoms with van der Waals surface area (Å²) in [6.45, 7) is 7.37. The second-order valence-electron chi connectivity index (χ2n) is 6.69. The van der Waals surface area contributed by atoms with Gasteiger partial charge in [-0.3, -0.25) is 0 Å². The van der Waals surface area contributed by atoms with Gasteiger partial charge in [0, 0.05) is 12.6 Å². The van der Waals surface area contributed by atoms with E-state index in [1.807, 2.05) is 0 Å². The molecule has 1 aromatic carbocycles. The lowest BCUT2D eigenvalue weighted by Crippen LogP contribution is -2.40. The highest BCUT2D eigenvalue weighted by Crippen LogP contribution is 2.24. The van der Waals surface area contributed by atoms with Crippen molar-refractivity contribution in [2.45, 2.75) is 45.1 Å². The van der Waals surface area contributed by atoms with Gasteiger partial charge in [0.25, 0.3) is 0 Å². The van der Waals surface area contributed by atoms with Crippen molar-refractivity contribution in [2.75, 3.05) is 26.2 Å². The van der Waals surface area contributed by atoms with E-state index in [2.05, 4.69) is 41.4 Å². The number of hydrogen-bond acceptors (Lipinski definition) is 2. The molecule has 2 heteroatoms. The van der Waals surface area contributed by atoms with Crippen molar-refractivity contribution in [1.29, 1.82) is 0 Å². The van der Waals surface area contributed by atoms with Crippen LogP contribution in [0, 0.1) is 5.92 Å². The van der Waals surface area contributed by atoms with E-state index in [0.29, 0.717) is 6.04 Å². The van der Waals surface area contributed by atoms with Crippen LogP contribution in [-0.4, -0.2) is 37.1 Å². The molecule has 2 unspecified atom stereocenters. The number of aryl methyl sites for hydroxylation is 1. The molecule has 2 aliphatic rings. The van der Waals surface area contributed by atoms with Crippen LogP contribution < -0.4 is 5.32 Å². The molecule has 0 radical (unpaired) electrons. The van der Waals surface area contributed by atoms with Gasteiger partial charge in [-0.2, -0.15) is 0 Å². The summed E-state index contributed by atoms with van der Waals surface area (Å²) in [5, 5.41) is 3.77. The zero-order valence-corrected chi connectivity index (χ0v) is 12.8. The molecule has 1 saturated heterocycles. The second-order valence-corrected chi connectivity index (χ2v) is 6.69. The molecule has 3 rings (SSSR count). The highest BCUT2D eigenvalue weighted by Gasteiger charge is 2.19. The van der Waals surface area contributed by atoms with Crippen LogP contribution >= 0.6 is 0 Å². The van der Waals surface area contributed by atoms with Crippen molar-refractivity contribution in [3.05, 3.63) is 35.4 Å². The molecular formula is C18H28N2. The van der Waals surface area contributed by atoms with Crippen LogP contribution in [0.15, 0.2) is 24.3 Å². The number of nitrogens with one attached hydrogen (secondary N) is 1. The Balaban J connectivity index is 1.43. The van der Waals surface area contributed by atoms with Gasteiger partial charge in [-0.05, 0) is 75.7 Å². The van der Waals surface area contributed by atoms with E-state index in [9.17, 15) is 0 Å². The van der Waals surface area contributed by atoms with Crippen LogP contribution in [0.2, 0.25) is 0 Å². The first kappa shape index (κ1) is 14.1. The van der Waals surface area contributed by atoms with Gasteiger partial charge in [-0.1, -0.05) is 24.3 Å². The fourth-order valence-corrected chi connectivity index (χ4v) is 3.73. The van der Waals surface area contributed by atoms with E-state index in [-0.39, 0.29) is 0 Å². The molecule has 0 saturated carbocycles. The second kappa shape index (κ2) is 6.73. The topological polar surface area (TPSA) is 15.3 Å². The average molecular weight is 272 g/mol. The molecule has 1 aliphatic heterocycles. The maximum Gasteiger partial charge on any atom is 0.0166 e. The lowest BCUT2D eigenvalue weighted by Gasteiger charge is -2.27. The van der Waals surface area contributed by atoms with Gasteiger partial charge in [0.05, 0.1) is 0 Å². The summed E-state index contributed by atoms with van der Waals surface area (Å²) in [5.41, 5.74) is 3.16. The van der Waals surface area contributed by atoms with Gasteiger partial charge in [0.15, 0.2) is 0 Å². The van der Waals surface area contributed by atoms with Crippen molar-refractivity contribution in [2.24, 2.45) is 5.92 Å². The quantitative estimate of drug-likeness (QED) is 0.886. The summed E-state index contributed by atoms with van der Waals surface area (Å²) in [4.78, 5) is 2.60. The maximum atomic E-state index is 3.77. The molecule has 0 spiro atoms. The third kappa shape index (κ3) is 3.62. The summed E-state index contributed by atoms with van der Waals surface area (Å²) in [6, 6.07) is 9.61. The minimum Gasteiger partial charge on any atom is -0.313 e. The molecule has 0 aromatic heterocycles. The third-order valence-electron chi connectivity index (χ3n) is 4.93. The molecule has 110 valence electrons. The first-order chi connectivity index (χ1) is 9.81. The van der Waals surface area contributed by atoms with Gasteiger partial charge in [-0.15, -0.1) is 0 Å². The molecule has 20 heavy (non-hydrogen) atoms. The van der Waals surface area contributed by atoms with Gasteiger partial charge >= 0.3 is 0 Å². The molecule has 1 N–H and O–H groups in total. The highest BCUT2D eigenvalue weighted by molar-refractivity contribution is 5.29. The molecule has 2 nitrogen and oxygen atoms in total. The lowest BCUT2D eigenvalue weighted by atomic mass is 9.84. The minimum absolute atomic E-state index is 0.630. The Morgan fingerprint density at radius 1 is 1.20 bits per heavy atom. The first-order valence-corrected chi connectivity index (χ1v) is 8.34. The van der Waals surface area contributed by atoms with E-state index in [1.54, 1.807) is 11.1 Å². The summed E-state index contributed by atoms with van der Waals surface area (Å²) < 4.78 is 0. The standard InChI is InChI=1S/C18H28N2/c1-15(14-20-10-4-5-11-20)19-13-16-8-9-17-6-2-3-7-18(17)12-16/h2-3,6-7,15-16,19H,4-5,8-14H2,1H3. The molecule has 1 fully saturated rings. The molecule has 1 heterocycles. The van der Waals surface area contributed by atoms with Crippen molar-refractivity contribution in [3.63, 3.8) is 0 Å². The van der Waals surface area contributed by atoms with Crippen molar-refractivity contribution >= 4 is 0 Å². The lowest BCUT2D eigenvalue weighted by molar-refractivity contribution is 0.287. The Labute approximate surface area is 123 Å². The Bertz CT molecular complexity index is 423. The molecule has 2 atom stereocenters. The number of rotatable bonds is 5. The van der Waals surface area contributed by atoms with Crippen LogP contribution in [-0.2, 0) is 12.8 Å². The Morgan fingerprint density at radius 3 is 2.75 bits per heavy atom. The van der Waals surface area contributed by atoms with Crippen molar-refractivity contribution in [1.82, 2.24) is 10.2 Å². The summed E-state index contributed by atoms with van der Waals surface area (Å²) in [7, 11) is 0. The fourth-order valence-electron chi connectivity index (χ4n) is 3.73. The minimum atomic E-state index is 0.630. The van der Waals surface area contributed by atoms with Crippen molar-refractivity contribution in [3.8, 4) is 0 Å². The fraction of sp³-hybridized carbons (Fsp3) is 0.667. The van der Waals surface area contributed by atoms with Gasteiger partial charge < -0.3 is 10.2 Å². The summed E-state index contributed by atoms with van der Waals surface area (Å²) in [6.07, 6.45) is 6.67. The van der Waals surface area contributed by atoms with Crippen molar-refractivity contribution < 1.29 is 0 Å². The third-order valence-corrected chi connectivity index (χ3v) is 4.93. The number of benzene rings is 1. The maximum absolute atomic E-state index is 3.77. The first-order valence-electron chi connectivity index (χ1n) is 8.34. The van der Waals surface area contributed by atoms with E-state index >= 15 is 0 Å². The predicted octanol–water partition coefficient (Wildman–Crippen LogP) is 2.87. The summed E-state index contributed by atoms with van der Waals surface area (Å²) >= 11 is 0. The van der Waals surface area contributed by atoms with Gasteiger partial charge in [-0.25, -0.2) is 0 Å². The predicted molar refractivity (Wildman–Crippen MR) is 85.1 cm³/mol. The van der Waals surface area contributed by atoms with Crippen LogP contribution in [0.4, 0.5) is 0 Å². The molecule has 0 bridgehead atoms. The zero-order chi connectivity index (χ0) is 13.8. The van der Waals surface area contributed by atoms with Gasteiger partial charge in [0.1, 0.15) is 0 Å². The van der Waals surface area contributed by atoms with Crippen LogP contribution in [0.5, 0.6) is 0 Å². The summed E-state index contributed by atoms with van der Waals surface area (Å²) in [5.74, 6) is 0.825. The Hall–Kier alpha value is -0.860. The normalized spacial score (nSPS) is 24.6. The number of fused-ring (bicyclic) bond motifs is 1. The Morgan fingerprint density at radius 2 is 1.95 bits per heavy atom. The number of hydrogen-bond donors (Lipinski definition) is 1. The van der Waals surface area contributed by atoms with Crippen LogP contribution in [0.1, 0.15) is 37.3 Å². The monoisotopic (exact) mass is 272 g/mol. The largest absolute Gasteiger partial charge is 0.313 e. The number of likely N-dealkylation sites (tertiary alicyclic amines) is 1. The van der Waals surface area contributed by atoms with E-state index in [1.165, 1.54) is 58.3 Å². The number of nitrogens with zero attached hydrogens (tertiary/aromatic N) is 1. The molecule has 1 aromatic rings. The zero-order valence-electron chi connectivity index (χ0n) is 12.8. The smallest absolute Gasteiger partial charge is 0.0166 e. The molecule has 1 aliphatic carbocycles. The van der Waals surface area contributed by atoms with Gasteiger partial charge in [0.2, 0.25) is 0 Å². The molecule has 0 amide bonds. The average Bonchev–Trinajstić information content (AvgIpc) is 2.98. The van der Waals surface area contributed by atoms with E-state index < -0.39 is 0 Å². The highest BCUT2D eigenvalue weighted by atomic mass is 15.2. The molecular weight excluding hydrogens is 244 g/mol. The Kier molecular flexibility index (Phi) is 4.74. The van der Waals surface area contributed by atoms with E-state index in [0.717, 1.165) is 5.92 Å². The van der Waals surface area contributed by atoms with Crippen LogP contribution in [0.25, 0.3) is 0 Å². The van der Waals surface area contributed by atoms with Crippen LogP contribution in [0.3, 0.4) is 0 Å².